The fraction of sp³-hybridized carbons (Fsp3) is 0.625. The molecule has 0 spiro atoms. The summed E-state index contributed by atoms with van der Waals surface area (Å²) in [4.78, 5) is 15.3. The molecule has 2 aliphatic heterocycles. The van der Waals surface area contributed by atoms with Crippen molar-refractivity contribution in [2.24, 2.45) is 0 Å². The van der Waals surface area contributed by atoms with Crippen LogP contribution in [0.15, 0.2) is 24.3 Å². The molecule has 0 bridgehead atoms. The average molecular weight is 337 g/mol. The minimum Gasteiger partial charge on any atom is -0.310 e. The van der Waals surface area contributed by atoms with E-state index in [1.165, 1.54) is 11.1 Å². The van der Waals surface area contributed by atoms with E-state index in [0.717, 1.165) is 32.6 Å². The molecule has 132 valence electrons. The maximum absolute atomic E-state index is 14.6. The molecule has 0 saturated carbocycles. The molecule has 2 aliphatic rings. The Balaban J connectivity index is 1.59. The molecule has 2 saturated heterocycles. The highest BCUT2D eigenvalue weighted by atomic mass is 19.1. The number of hydrogen-bond acceptors (Lipinski definition) is 6. The number of halogens is 1. The summed E-state index contributed by atoms with van der Waals surface area (Å²) in [7, 11) is 2.11. The average Bonchev–Trinajstić information content (AvgIpc) is 2.58. The van der Waals surface area contributed by atoms with Crippen molar-refractivity contribution in [3.63, 3.8) is 0 Å². The summed E-state index contributed by atoms with van der Waals surface area (Å²) in [5.41, 5.74) is 3.20. The molecule has 1 N–H and O–H groups in total. The number of piperazine rings is 1. The Morgan fingerprint density at radius 2 is 1.92 bits per heavy atom. The van der Waals surface area contributed by atoms with Crippen LogP contribution >= 0.6 is 0 Å². The fourth-order valence-corrected chi connectivity index (χ4v) is 3.42. The van der Waals surface area contributed by atoms with Gasteiger partial charge in [-0.1, -0.05) is 12.1 Å². The highest BCUT2D eigenvalue weighted by Gasteiger charge is 2.33. The van der Waals surface area contributed by atoms with Crippen LogP contribution < -0.4 is 5.43 Å². The first kappa shape index (κ1) is 17.1. The van der Waals surface area contributed by atoms with E-state index in [-0.39, 0.29) is 11.7 Å². The molecule has 2 fully saturated rings. The molecule has 0 radical (unpaired) electrons. The molecular formula is C16H24FN5O2. The van der Waals surface area contributed by atoms with Crippen molar-refractivity contribution in [2.45, 2.75) is 25.2 Å². The summed E-state index contributed by atoms with van der Waals surface area (Å²) in [6.07, 6.45) is 0.137. The molecule has 0 aliphatic carbocycles. The van der Waals surface area contributed by atoms with Crippen molar-refractivity contribution in [3.8, 4) is 0 Å². The molecule has 2 heterocycles. The van der Waals surface area contributed by atoms with Gasteiger partial charge in [-0.05, 0) is 19.5 Å². The Labute approximate surface area is 141 Å². The number of rotatable bonds is 4. The van der Waals surface area contributed by atoms with Gasteiger partial charge in [0.05, 0.1) is 4.92 Å². The Morgan fingerprint density at radius 3 is 2.58 bits per heavy atom. The molecule has 1 aromatic rings. The smallest absolute Gasteiger partial charge is 0.293 e. The predicted molar refractivity (Wildman–Crippen MR) is 90.4 cm³/mol. The van der Waals surface area contributed by atoms with Gasteiger partial charge in [0.1, 0.15) is 5.69 Å². The zero-order chi connectivity index (χ0) is 17.1. The standard InChI is InChI=1S/C16H24FN5O2/c1-19-8-10-20(11-9-19)13-6-7-21(16(17)12-13)18-14-4-2-3-5-15(14)22(23)24/h2-5,13,16,18H,6-12H2,1H3. The van der Waals surface area contributed by atoms with Crippen molar-refractivity contribution in [1.82, 2.24) is 14.8 Å². The van der Waals surface area contributed by atoms with Gasteiger partial charge in [0.2, 0.25) is 0 Å². The molecule has 8 heteroatoms. The number of nitro benzene ring substituents is 1. The lowest BCUT2D eigenvalue weighted by Crippen LogP contribution is -2.54. The van der Waals surface area contributed by atoms with E-state index in [2.05, 4.69) is 22.3 Å². The molecule has 3 rings (SSSR count). The number of nitrogens with zero attached hydrogens (tertiary/aromatic N) is 4. The van der Waals surface area contributed by atoms with Crippen molar-refractivity contribution in [3.05, 3.63) is 34.4 Å². The van der Waals surface area contributed by atoms with E-state index in [1.807, 2.05) is 0 Å². The third kappa shape index (κ3) is 3.82. The lowest BCUT2D eigenvalue weighted by molar-refractivity contribution is -0.384. The fourth-order valence-electron chi connectivity index (χ4n) is 3.42. The first-order valence-electron chi connectivity index (χ1n) is 8.38. The molecule has 2 unspecified atom stereocenters. The molecule has 1 aromatic carbocycles. The van der Waals surface area contributed by atoms with Crippen molar-refractivity contribution >= 4 is 11.4 Å². The van der Waals surface area contributed by atoms with Crippen LogP contribution in [0.4, 0.5) is 15.8 Å². The van der Waals surface area contributed by atoms with E-state index in [1.54, 1.807) is 18.2 Å². The summed E-state index contributed by atoms with van der Waals surface area (Å²) in [5, 5.41) is 12.6. The van der Waals surface area contributed by atoms with Crippen LogP contribution in [0.25, 0.3) is 0 Å². The third-order valence-corrected chi connectivity index (χ3v) is 4.93. The normalized spacial score (nSPS) is 27.1. The Hall–Kier alpha value is -1.77. The van der Waals surface area contributed by atoms with Gasteiger partial charge >= 0.3 is 0 Å². The second kappa shape index (κ2) is 7.42. The minimum atomic E-state index is -1.15. The number of hydrazine groups is 1. The van der Waals surface area contributed by atoms with E-state index in [0.29, 0.717) is 18.7 Å². The topological polar surface area (TPSA) is 64.9 Å². The summed E-state index contributed by atoms with van der Waals surface area (Å²) >= 11 is 0. The maximum Gasteiger partial charge on any atom is 0.293 e. The summed E-state index contributed by atoms with van der Waals surface area (Å²) in [5.74, 6) is 0. The van der Waals surface area contributed by atoms with Crippen LogP contribution in [0, 0.1) is 10.1 Å². The number of hydrogen-bond donors (Lipinski definition) is 1. The van der Waals surface area contributed by atoms with Crippen molar-refractivity contribution in [2.75, 3.05) is 45.2 Å². The molecule has 7 nitrogen and oxygen atoms in total. The van der Waals surface area contributed by atoms with Crippen LogP contribution in [0.5, 0.6) is 0 Å². The van der Waals surface area contributed by atoms with Crippen molar-refractivity contribution in [1.29, 1.82) is 0 Å². The second-order valence-corrected chi connectivity index (χ2v) is 6.53. The van der Waals surface area contributed by atoms with Crippen LogP contribution in [-0.4, -0.2) is 71.8 Å². The monoisotopic (exact) mass is 337 g/mol. The largest absolute Gasteiger partial charge is 0.310 e. The number of nitrogens with one attached hydrogen (secondary N) is 1. The Kier molecular flexibility index (Phi) is 5.27. The number of likely N-dealkylation sites (N-methyl/N-ethyl adjacent to an activating group) is 1. The number of nitro groups is 1. The highest BCUT2D eigenvalue weighted by Crippen LogP contribution is 2.28. The third-order valence-electron chi connectivity index (χ3n) is 4.93. The van der Waals surface area contributed by atoms with Crippen molar-refractivity contribution < 1.29 is 9.31 Å². The second-order valence-electron chi connectivity index (χ2n) is 6.53. The summed E-state index contributed by atoms with van der Waals surface area (Å²) in [6, 6.07) is 6.59. The zero-order valence-electron chi connectivity index (χ0n) is 13.9. The SMILES string of the molecule is CN1CCN(C2CCN(Nc3ccccc3[N+](=O)[O-])C(F)C2)CC1. The number of alkyl halides is 1. The number of benzene rings is 1. The van der Waals surface area contributed by atoms with Gasteiger partial charge in [0.25, 0.3) is 5.69 Å². The number of piperidine rings is 1. The van der Waals surface area contributed by atoms with Gasteiger partial charge in [-0.3, -0.25) is 15.0 Å². The minimum absolute atomic E-state index is 0.0362. The molecule has 2 atom stereocenters. The quantitative estimate of drug-likeness (QED) is 0.514. The number of para-hydroxylation sites is 2. The molecule has 24 heavy (non-hydrogen) atoms. The maximum atomic E-state index is 14.6. The first-order valence-corrected chi connectivity index (χ1v) is 8.38. The van der Waals surface area contributed by atoms with Crippen LogP contribution in [0.2, 0.25) is 0 Å². The lowest BCUT2D eigenvalue weighted by atomic mass is 10.0. The lowest BCUT2D eigenvalue weighted by Gasteiger charge is -2.43. The summed E-state index contributed by atoms with van der Waals surface area (Å²) in [6.45, 7) is 4.53. The van der Waals surface area contributed by atoms with E-state index >= 15 is 0 Å². The van der Waals surface area contributed by atoms with Crippen LogP contribution in [-0.2, 0) is 0 Å². The van der Waals surface area contributed by atoms with Gasteiger partial charge in [0, 0.05) is 51.3 Å². The highest BCUT2D eigenvalue weighted by molar-refractivity contribution is 5.60. The van der Waals surface area contributed by atoms with Gasteiger partial charge < -0.3 is 10.3 Å². The Bertz CT molecular complexity index is 579. The zero-order valence-corrected chi connectivity index (χ0v) is 13.9. The molecule has 0 amide bonds. The number of anilines is 1. The summed E-state index contributed by atoms with van der Waals surface area (Å²) < 4.78 is 14.6. The predicted octanol–water partition coefficient (Wildman–Crippen LogP) is 1.93. The van der Waals surface area contributed by atoms with Gasteiger partial charge in [-0.15, -0.1) is 0 Å². The van der Waals surface area contributed by atoms with E-state index in [4.69, 9.17) is 0 Å². The van der Waals surface area contributed by atoms with Gasteiger partial charge in [-0.2, -0.15) is 5.01 Å². The van der Waals surface area contributed by atoms with E-state index < -0.39 is 11.2 Å². The first-order chi connectivity index (χ1) is 11.5. The van der Waals surface area contributed by atoms with Gasteiger partial charge in [0.15, 0.2) is 6.30 Å². The molecular weight excluding hydrogens is 313 g/mol. The van der Waals surface area contributed by atoms with Gasteiger partial charge in [-0.25, -0.2) is 4.39 Å². The van der Waals surface area contributed by atoms with Crippen LogP contribution in [0.1, 0.15) is 12.8 Å². The Morgan fingerprint density at radius 1 is 1.21 bits per heavy atom. The van der Waals surface area contributed by atoms with Crippen LogP contribution in [0.3, 0.4) is 0 Å². The molecule has 0 aromatic heterocycles. The van der Waals surface area contributed by atoms with E-state index in [9.17, 15) is 14.5 Å².